The molecule has 62 valence electrons. The Bertz CT molecular complexity index is 353. The van der Waals surface area contributed by atoms with Crippen LogP contribution in [0.5, 0.6) is 0 Å². The van der Waals surface area contributed by atoms with E-state index in [0.717, 1.165) is 9.88 Å². The number of hydrogen-bond acceptors (Lipinski definition) is 4. The number of aliphatic hydroxyl groups excluding tert-OH is 1. The van der Waals surface area contributed by atoms with Gasteiger partial charge in [-0.3, -0.25) is 0 Å². The molecule has 0 amide bonds. The lowest BCUT2D eigenvalue weighted by Gasteiger charge is -1.85. The third-order valence-electron chi connectivity index (χ3n) is 1.49. The molecular weight excluding hydrogens is 190 g/mol. The van der Waals surface area contributed by atoms with Crippen LogP contribution < -0.4 is 0 Å². The Morgan fingerprint density at radius 1 is 1.50 bits per heavy atom. The molecule has 12 heavy (non-hydrogen) atoms. The minimum Gasteiger partial charge on any atom is -0.389 e. The van der Waals surface area contributed by atoms with Crippen molar-refractivity contribution in [2.24, 2.45) is 0 Å². The summed E-state index contributed by atoms with van der Waals surface area (Å²) in [5.41, 5.74) is 1.19. The summed E-state index contributed by atoms with van der Waals surface area (Å²) in [6.45, 7) is 0.0365. The monoisotopic (exact) mass is 197 g/mol. The molecule has 0 atom stereocenters. The van der Waals surface area contributed by atoms with Crippen molar-refractivity contribution < 1.29 is 5.11 Å². The van der Waals surface area contributed by atoms with E-state index in [-0.39, 0.29) is 6.61 Å². The molecule has 2 nitrogen and oxygen atoms in total. The highest BCUT2D eigenvalue weighted by Gasteiger charge is 2.02. The predicted molar refractivity (Wildman–Crippen MR) is 51.3 cm³/mol. The topological polar surface area (TPSA) is 33.1 Å². The molecule has 0 aliphatic rings. The van der Waals surface area contributed by atoms with E-state index in [2.05, 4.69) is 16.4 Å². The van der Waals surface area contributed by atoms with Crippen LogP contribution in [-0.4, -0.2) is 10.1 Å². The van der Waals surface area contributed by atoms with Crippen molar-refractivity contribution in [3.63, 3.8) is 0 Å². The van der Waals surface area contributed by atoms with Crippen molar-refractivity contribution in [1.82, 2.24) is 4.98 Å². The van der Waals surface area contributed by atoms with Gasteiger partial charge in [0.15, 0.2) is 0 Å². The fraction of sp³-hybridized carbons (Fsp3) is 0.125. The van der Waals surface area contributed by atoms with Crippen LogP contribution in [0.4, 0.5) is 0 Å². The van der Waals surface area contributed by atoms with Crippen LogP contribution >= 0.6 is 22.7 Å². The average molecular weight is 197 g/mol. The first-order valence-corrected chi connectivity index (χ1v) is 5.24. The van der Waals surface area contributed by atoms with Crippen molar-refractivity contribution in [1.29, 1.82) is 0 Å². The second kappa shape index (κ2) is 3.35. The van der Waals surface area contributed by atoms with Gasteiger partial charge in [0.05, 0.1) is 11.5 Å². The van der Waals surface area contributed by atoms with Crippen LogP contribution in [0.15, 0.2) is 23.0 Å². The zero-order chi connectivity index (χ0) is 8.39. The van der Waals surface area contributed by atoms with Gasteiger partial charge in [0, 0.05) is 11.8 Å². The van der Waals surface area contributed by atoms with Gasteiger partial charge in [0.2, 0.25) is 0 Å². The molecular formula is C8H7NOS2. The molecule has 4 heteroatoms. The maximum Gasteiger partial charge on any atom is 0.119 e. The summed E-state index contributed by atoms with van der Waals surface area (Å²) in [4.78, 5) is 5.19. The van der Waals surface area contributed by atoms with Crippen LogP contribution in [0.25, 0.3) is 10.4 Å². The summed E-state index contributed by atoms with van der Waals surface area (Å²) < 4.78 is 0. The molecule has 0 saturated heterocycles. The van der Waals surface area contributed by atoms with E-state index in [1.165, 1.54) is 16.9 Å². The minimum absolute atomic E-state index is 0.0365. The summed E-state index contributed by atoms with van der Waals surface area (Å²) in [6.07, 6.45) is 1.80. The molecule has 0 aliphatic heterocycles. The molecule has 0 aliphatic carbocycles. The summed E-state index contributed by atoms with van der Waals surface area (Å²) in [6, 6.07) is 2.05. The second-order valence-electron chi connectivity index (χ2n) is 2.29. The van der Waals surface area contributed by atoms with Crippen LogP contribution in [0.2, 0.25) is 0 Å². The molecule has 0 unspecified atom stereocenters. The Labute approximate surface area is 78.1 Å². The molecule has 0 fully saturated rings. The van der Waals surface area contributed by atoms with Gasteiger partial charge in [-0.25, -0.2) is 4.98 Å². The standard InChI is InChI=1S/C8H7NOS2/c10-4-8-9-3-7(12-8)6-1-2-11-5-6/h1-3,5,10H,4H2. The average Bonchev–Trinajstić information content (AvgIpc) is 2.75. The second-order valence-corrected chi connectivity index (χ2v) is 4.18. The molecule has 0 bridgehead atoms. The van der Waals surface area contributed by atoms with Crippen molar-refractivity contribution >= 4 is 22.7 Å². The van der Waals surface area contributed by atoms with Crippen LogP contribution in [0.1, 0.15) is 5.01 Å². The number of rotatable bonds is 2. The summed E-state index contributed by atoms with van der Waals surface area (Å²) in [5, 5.41) is 13.7. The maximum absolute atomic E-state index is 8.80. The number of thiazole rings is 1. The first kappa shape index (κ1) is 7.91. The van der Waals surface area contributed by atoms with Gasteiger partial charge >= 0.3 is 0 Å². The van der Waals surface area contributed by atoms with E-state index in [1.54, 1.807) is 17.5 Å². The maximum atomic E-state index is 8.80. The third kappa shape index (κ3) is 1.41. The summed E-state index contributed by atoms with van der Waals surface area (Å²) in [7, 11) is 0. The molecule has 0 saturated carbocycles. The van der Waals surface area contributed by atoms with Gasteiger partial charge < -0.3 is 5.11 Å². The van der Waals surface area contributed by atoms with Crippen molar-refractivity contribution in [2.45, 2.75) is 6.61 Å². The fourth-order valence-electron chi connectivity index (χ4n) is 0.921. The van der Waals surface area contributed by atoms with Crippen molar-refractivity contribution in [2.75, 3.05) is 0 Å². The number of aliphatic hydroxyl groups is 1. The SMILES string of the molecule is OCc1ncc(-c2ccsc2)s1. The van der Waals surface area contributed by atoms with E-state index in [4.69, 9.17) is 5.11 Å². The number of nitrogens with zero attached hydrogens (tertiary/aromatic N) is 1. The van der Waals surface area contributed by atoms with E-state index >= 15 is 0 Å². The van der Waals surface area contributed by atoms with Crippen LogP contribution in [0.3, 0.4) is 0 Å². The lowest BCUT2D eigenvalue weighted by molar-refractivity contribution is 0.281. The number of thiophene rings is 1. The third-order valence-corrected chi connectivity index (χ3v) is 3.21. The van der Waals surface area contributed by atoms with E-state index in [0.29, 0.717) is 0 Å². The Morgan fingerprint density at radius 3 is 3.00 bits per heavy atom. The van der Waals surface area contributed by atoms with Crippen molar-refractivity contribution in [3.8, 4) is 10.4 Å². The summed E-state index contributed by atoms with van der Waals surface area (Å²) >= 11 is 3.20. The number of hydrogen-bond donors (Lipinski definition) is 1. The Balaban J connectivity index is 2.35. The molecule has 0 spiro atoms. The van der Waals surface area contributed by atoms with Gasteiger partial charge in [-0.15, -0.1) is 11.3 Å². The van der Waals surface area contributed by atoms with E-state index in [9.17, 15) is 0 Å². The lowest BCUT2D eigenvalue weighted by atomic mass is 10.3. The fourth-order valence-corrected chi connectivity index (χ4v) is 2.43. The Morgan fingerprint density at radius 2 is 2.42 bits per heavy atom. The van der Waals surface area contributed by atoms with Gasteiger partial charge in [-0.2, -0.15) is 11.3 Å². The molecule has 2 aromatic rings. The van der Waals surface area contributed by atoms with Gasteiger partial charge in [0.25, 0.3) is 0 Å². The zero-order valence-corrected chi connectivity index (χ0v) is 7.86. The Kier molecular flexibility index (Phi) is 2.21. The minimum atomic E-state index is 0.0365. The van der Waals surface area contributed by atoms with Crippen LogP contribution in [0, 0.1) is 0 Å². The zero-order valence-electron chi connectivity index (χ0n) is 6.23. The molecule has 2 aromatic heterocycles. The smallest absolute Gasteiger partial charge is 0.119 e. The van der Waals surface area contributed by atoms with Gasteiger partial charge in [-0.1, -0.05) is 0 Å². The first-order chi connectivity index (χ1) is 5.90. The quantitative estimate of drug-likeness (QED) is 0.801. The predicted octanol–water partition coefficient (Wildman–Crippen LogP) is 2.36. The van der Waals surface area contributed by atoms with Gasteiger partial charge in [0.1, 0.15) is 5.01 Å². The molecule has 1 N–H and O–H groups in total. The normalized spacial score (nSPS) is 10.4. The highest BCUT2D eigenvalue weighted by molar-refractivity contribution is 7.15. The van der Waals surface area contributed by atoms with E-state index in [1.807, 2.05) is 5.38 Å². The highest BCUT2D eigenvalue weighted by Crippen LogP contribution is 2.27. The Hall–Kier alpha value is -0.710. The summed E-state index contributed by atoms with van der Waals surface area (Å²) in [5.74, 6) is 0. The molecule has 2 rings (SSSR count). The first-order valence-electron chi connectivity index (χ1n) is 3.48. The largest absolute Gasteiger partial charge is 0.389 e. The van der Waals surface area contributed by atoms with Crippen molar-refractivity contribution in [3.05, 3.63) is 28.0 Å². The van der Waals surface area contributed by atoms with Crippen LogP contribution in [-0.2, 0) is 6.61 Å². The molecule has 0 radical (unpaired) electrons. The number of aromatic nitrogens is 1. The molecule has 2 heterocycles. The highest BCUT2D eigenvalue weighted by atomic mass is 32.1. The van der Waals surface area contributed by atoms with Gasteiger partial charge in [-0.05, 0) is 16.8 Å². The lowest BCUT2D eigenvalue weighted by Crippen LogP contribution is -1.75. The van der Waals surface area contributed by atoms with E-state index < -0.39 is 0 Å². The molecule has 0 aromatic carbocycles.